The highest BCUT2D eigenvalue weighted by Gasteiger charge is 2.43. The summed E-state index contributed by atoms with van der Waals surface area (Å²) in [6.45, 7) is 18.8. The monoisotopic (exact) mass is 2050 g/mol. The number of para-hydroxylation sites is 4. The minimum Gasteiger partial charge on any atom is -0.493 e. The van der Waals surface area contributed by atoms with Gasteiger partial charge < -0.3 is 54.6 Å². The highest BCUT2D eigenvalue weighted by Crippen LogP contribution is 2.47. The van der Waals surface area contributed by atoms with E-state index in [1.807, 2.05) is 215 Å². The summed E-state index contributed by atoms with van der Waals surface area (Å²) >= 11 is 10.9. The number of carbonyl (C=O) groups excluding carboxylic acids is 10. The second-order valence-electron chi connectivity index (χ2n) is 39.6. The first-order chi connectivity index (χ1) is 68.9. The van der Waals surface area contributed by atoms with Crippen LogP contribution in [-0.2, 0) is 129 Å². The molecule has 8 amide bonds. The van der Waals surface area contributed by atoms with E-state index in [-0.39, 0.29) is 178 Å². The van der Waals surface area contributed by atoms with Crippen LogP contribution >= 0.6 is 0 Å². The van der Waals surface area contributed by atoms with Gasteiger partial charge in [-0.2, -0.15) is 0 Å². The van der Waals surface area contributed by atoms with E-state index in [1.54, 1.807) is 88.4 Å². The van der Waals surface area contributed by atoms with Crippen LogP contribution in [0.2, 0.25) is 0 Å². The number of nitrogens with zero attached hydrogens (tertiary/aromatic N) is 7. The van der Waals surface area contributed by atoms with Crippen molar-refractivity contribution in [2.75, 3.05) is 57.0 Å². The van der Waals surface area contributed by atoms with Crippen LogP contribution in [0.5, 0.6) is 34.5 Å². The first-order valence-electron chi connectivity index (χ1n) is 48.7. The number of methoxy groups -OCH3 is 2. The number of aliphatic imine (C=N–C) groups is 3. The van der Waals surface area contributed by atoms with Gasteiger partial charge in [0.15, 0.2) is 34.6 Å². The van der Waals surface area contributed by atoms with Crippen molar-refractivity contribution in [3.8, 4) is 34.5 Å². The maximum Gasteiger partial charge on any atom is 0.261 e. The molecule has 762 valence electrons. The lowest BCUT2D eigenvalue weighted by molar-refractivity contribution is -0.129. The number of ether oxygens (including phenoxy) is 6. The van der Waals surface area contributed by atoms with Crippen molar-refractivity contribution in [2.45, 2.75) is 233 Å². The van der Waals surface area contributed by atoms with Gasteiger partial charge in [0.05, 0.1) is 78.2 Å². The number of fused-ring (bicyclic) bond motifs is 16. The van der Waals surface area contributed by atoms with Crippen molar-refractivity contribution in [1.82, 2.24) is 10.6 Å². The van der Waals surface area contributed by atoms with Crippen LogP contribution < -0.4 is 69.3 Å². The van der Waals surface area contributed by atoms with Crippen molar-refractivity contribution in [3.63, 3.8) is 0 Å². The van der Waals surface area contributed by atoms with Gasteiger partial charge in [-0.15, -0.1) is 18.9 Å². The summed E-state index contributed by atoms with van der Waals surface area (Å²) in [7, 11) is 2.48. The summed E-state index contributed by atoms with van der Waals surface area (Å²) in [5.74, 6) is -0.980. The largest absolute Gasteiger partial charge is 0.493 e. The highest BCUT2D eigenvalue weighted by atomic mass is 32.8. The Morgan fingerprint density at radius 2 is 0.733 bits per heavy atom. The molecule has 0 saturated heterocycles. The summed E-state index contributed by atoms with van der Waals surface area (Å²) in [6.07, 6.45) is 15.3. The molecule has 0 bridgehead atoms. The minimum absolute atomic E-state index is 0. The molecule has 4 N–H and O–H groups in total. The number of anilines is 6. The van der Waals surface area contributed by atoms with Crippen LogP contribution in [0, 0.1) is 25.7 Å². The Bertz CT molecular complexity index is 6990. The molecule has 146 heavy (non-hydrogen) atoms. The number of carbonyl (C=O) groups is 10. The molecule has 0 fully saturated rings. The van der Waals surface area contributed by atoms with Crippen molar-refractivity contribution >= 4 is 170 Å². The molecule has 2 unspecified atom stereocenters. The van der Waals surface area contributed by atoms with Crippen LogP contribution in [-0.4, -0.2) is 150 Å². The number of amides is 8. The number of rotatable bonds is 34. The second kappa shape index (κ2) is 45.1. The van der Waals surface area contributed by atoms with E-state index in [9.17, 15) is 47.9 Å². The summed E-state index contributed by atoms with van der Waals surface area (Å²) in [4.78, 5) is 158. The molecule has 10 atom stereocenters. The molecular formula is C115H127N11O16S4. The molecule has 10 aromatic carbocycles. The van der Waals surface area contributed by atoms with Crippen molar-refractivity contribution < 1.29 is 76.4 Å². The number of benzene rings is 10. The van der Waals surface area contributed by atoms with E-state index < -0.39 is 23.9 Å². The summed E-state index contributed by atoms with van der Waals surface area (Å²) in [5, 5.41) is 11.6. The van der Waals surface area contributed by atoms with Crippen LogP contribution in [0.4, 0.5) is 51.2 Å². The van der Waals surface area contributed by atoms with E-state index in [2.05, 4.69) is 27.3 Å². The molecule has 31 heteroatoms. The minimum atomic E-state index is -0.778. The lowest BCUT2D eigenvalue weighted by Gasteiger charge is -2.24. The average molecular weight is 2050 g/mol. The van der Waals surface area contributed by atoms with Gasteiger partial charge in [-0.3, -0.25) is 77.6 Å². The number of hydrogen-bond donors (Lipinski definition) is 4. The smallest absolute Gasteiger partial charge is 0.261 e. The Morgan fingerprint density at radius 3 is 1.10 bits per heavy atom. The molecule has 0 radical (unpaired) electrons. The number of aryl methyl sites for hydroxylation is 3. The molecule has 27 nitrogen and oxygen atoms in total. The van der Waals surface area contributed by atoms with Gasteiger partial charge in [0.25, 0.3) is 23.6 Å². The van der Waals surface area contributed by atoms with Crippen LogP contribution in [0.15, 0.2) is 197 Å². The maximum absolute atomic E-state index is 14.1. The zero-order chi connectivity index (χ0) is 102. The van der Waals surface area contributed by atoms with Crippen LogP contribution in [0.1, 0.15) is 218 Å². The lowest BCUT2D eigenvalue weighted by atomic mass is 9.99. The Hall–Kier alpha value is -13.8. The van der Waals surface area contributed by atoms with Gasteiger partial charge in [0.1, 0.15) is 37.9 Å². The molecule has 10 aromatic rings. The topological polar surface area (TPSA) is 324 Å². The van der Waals surface area contributed by atoms with Gasteiger partial charge in [-0.05, 0) is 225 Å². The van der Waals surface area contributed by atoms with Gasteiger partial charge >= 0.3 is 0 Å². The first kappa shape index (κ1) is 107. The predicted octanol–water partition coefficient (Wildman–Crippen LogP) is 19.6. The maximum atomic E-state index is 14.1. The highest BCUT2D eigenvalue weighted by molar-refractivity contribution is 8.29. The quantitative estimate of drug-likeness (QED) is 0.0291. The number of ketones is 2. The summed E-state index contributed by atoms with van der Waals surface area (Å²) < 4.78 is 37.1. The zero-order valence-corrected chi connectivity index (χ0v) is 86.5. The fourth-order valence-electron chi connectivity index (χ4n) is 19.5. The molecule has 8 aliphatic rings. The Labute approximate surface area is 868 Å². The molecule has 8 aliphatic heterocycles. The summed E-state index contributed by atoms with van der Waals surface area (Å²) in [5.41, 5.74) is 17.6. The lowest BCUT2D eigenvalue weighted by Crippen LogP contribution is -2.40. The third-order valence-electron chi connectivity index (χ3n) is 28.4. The number of nitrogens with one attached hydrogen (secondary N) is 4. The third kappa shape index (κ3) is 23.2. The SMILES string of the molecule is C.C.COc1cc2c(cc1OCc1cc(COc3cc4c(cc3C)C(=O)N3c5ccccc5C[C@H]3C=N4)cc(NC(=O)[C@H](C)CC(=O)[C@H](C)NC(=O)CCC(C)(C)S(C)=S)c1)CC[C@@H]1Cc3ccccc3N1C2=O.COc1cc2c(cc1OCc1cc(COc3cc4c(cc3C)C(=O)N3c5ccccc5C[C@H]3C=N4)cc(NC(=O)[C@H](C)CC(=O)[C@H](C)NC(=O)CCC(C)(C)S(C)=S)c1)N=C[C@@H]1Cc3ccccc3N1C2=O. The molecule has 0 aromatic heterocycles. The normalized spacial score (nSPS) is 17.4. The Kier molecular flexibility index (Phi) is 32.9. The fraction of sp³-hybridized carbons (Fsp3) is 0.365. The van der Waals surface area contributed by atoms with Crippen molar-refractivity contribution in [3.05, 3.63) is 265 Å². The molecule has 0 spiro atoms. The number of Topliss-reactive ketones (excluding diaryl/α,β-unsaturated/α-hetero) is 2. The van der Waals surface area contributed by atoms with E-state index in [1.165, 1.54) is 12.7 Å². The first-order valence-corrected chi connectivity index (χ1v) is 53.8. The molecule has 0 saturated carbocycles. The van der Waals surface area contributed by atoms with E-state index >= 15 is 0 Å². The molecule has 8 heterocycles. The van der Waals surface area contributed by atoms with Gasteiger partial charge in [0, 0.05) is 149 Å². The second-order valence-corrected chi connectivity index (χ2v) is 46.6. The van der Waals surface area contributed by atoms with Crippen LogP contribution in [0.25, 0.3) is 0 Å². The van der Waals surface area contributed by atoms with Gasteiger partial charge in [-0.25, -0.2) is 0 Å². The van der Waals surface area contributed by atoms with Crippen LogP contribution in [0.3, 0.4) is 0 Å². The third-order valence-corrected chi connectivity index (χ3v) is 34.6. The van der Waals surface area contributed by atoms with E-state index in [4.69, 9.17) is 65.8 Å². The van der Waals surface area contributed by atoms with E-state index in [0.717, 1.165) is 69.0 Å². The van der Waals surface area contributed by atoms with Crippen molar-refractivity contribution in [1.29, 1.82) is 0 Å². The predicted molar refractivity (Wildman–Crippen MR) is 586 cm³/mol. The van der Waals surface area contributed by atoms with Gasteiger partial charge in [-0.1, -0.05) is 152 Å². The Balaban J connectivity index is 0.000000216. The number of hydrogen-bond acceptors (Lipinski definition) is 21. The van der Waals surface area contributed by atoms with E-state index in [0.29, 0.717) is 146 Å². The molecule has 0 aliphatic carbocycles. The fourth-order valence-corrected chi connectivity index (χ4v) is 20.8. The Morgan fingerprint density at radius 1 is 0.411 bits per heavy atom. The van der Waals surface area contributed by atoms with Crippen molar-refractivity contribution in [2.24, 2.45) is 26.8 Å². The molecular weight excluding hydrogens is 1920 g/mol. The zero-order valence-electron chi connectivity index (χ0n) is 83.3. The average Bonchev–Trinajstić information content (AvgIpc) is 1.62. The standard InChI is InChI=1S/C57H61N5O8S2.C56H58N6O8S2.2CH4/c1-33-20-45-46(58-30-43-26-40-13-9-11-15-48(40)62(43)56(45)67)29-50(33)69-31-36-22-37(24-41(23-36)60-54(65)34(2)21-49(63)35(3)59-53(64)18-19-57(4,5)72(7)71)32-70-52-27-38-16-17-42-25-39-12-8-10-14-47(39)61(42)55(66)44(38)28-51(52)68-6;1-32-18-42-44(57-28-40-23-37-12-8-10-14-46(37)61(40)54(42)66)26-49(32)69-30-35-20-36(22-39(21-35)60-53(65)33(2)19-48(63)34(3)59-52(64)16-17-56(4,5)72(7)71)31-70-51-27-45-43(25-50(51)68-6)55(67)62-41(29-58-45)24-38-13-9-11-15-47(38)62;;/h8-15,20,22-24,27-30,34-35,42-43H,16-19,21,25-26,31-32H2,1-7H3,(H,59,64)(H,60,65);8-15,18,20-22,25-29,33-34,40-41H,16-17,19,23-24,30-31H2,1-7H3,(H,59,64)(H,60,65);2*1H4/t34-,35+,42-,43+,72?;33-,34+,40+,41+,72?;;/m11../s1. The van der Waals surface area contributed by atoms with Gasteiger partial charge in [0.2, 0.25) is 23.6 Å². The summed E-state index contributed by atoms with van der Waals surface area (Å²) in [6, 6.07) is 55.0. The molecule has 18 rings (SSSR count).